The quantitative estimate of drug-likeness (QED) is 0.738. The number of nitrogens with one attached hydrogen (secondary N) is 1. The first kappa shape index (κ1) is 16.9. The van der Waals surface area contributed by atoms with Crippen LogP contribution in [0.4, 0.5) is 0 Å². The van der Waals surface area contributed by atoms with Crippen molar-refractivity contribution in [2.45, 2.75) is 32.0 Å². The van der Waals surface area contributed by atoms with Crippen molar-refractivity contribution in [3.8, 4) is 11.3 Å². The summed E-state index contributed by atoms with van der Waals surface area (Å²) in [4.78, 5) is 19.1. The minimum absolute atomic E-state index is 0.231. The fourth-order valence-corrected chi connectivity index (χ4v) is 3.61. The highest BCUT2D eigenvalue weighted by molar-refractivity contribution is 5.56. The van der Waals surface area contributed by atoms with E-state index in [1.54, 1.807) is 13.3 Å². The van der Waals surface area contributed by atoms with Gasteiger partial charge in [0, 0.05) is 57.1 Å². The zero-order chi connectivity index (χ0) is 17.9. The van der Waals surface area contributed by atoms with Crippen LogP contribution in [0.3, 0.4) is 0 Å². The lowest BCUT2D eigenvalue weighted by Crippen LogP contribution is -2.29. The number of hydrogen-bond donors (Lipinski definition) is 1. The van der Waals surface area contributed by atoms with Crippen LogP contribution in [0.1, 0.15) is 24.1 Å². The molecule has 7 heteroatoms. The second kappa shape index (κ2) is 7.39. The predicted octanol–water partition coefficient (Wildman–Crippen LogP) is 2.44. The Morgan fingerprint density at radius 1 is 1.23 bits per heavy atom. The largest absolute Gasteiger partial charge is 0.380 e. The number of aromatic amines is 1. The minimum atomic E-state index is 0.231. The van der Waals surface area contributed by atoms with Crippen molar-refractivity contribution in [3.63, 3.8) is 0 Å². The molecule has 0 saturated carbocycles. The highest BCUT2D eigenvalue weighted by Crippen LogP contribution is 2.32. The summed E-state index contributed by atoms with van der Waals surface area (Å²) >= 11 is 0. The molecule has 3 aromatic rings. The number of imidazole rings is 2. The van der Waals surface area contributed by atoms with Crippen LogP contribution in [-0.4, -0.2) is 55.7 Å². The van der Waals surface area contributed by atoms with Gasteiger partial charge in [-0.2, -0.15) is 0 Å². The van der Waals surface area contributed by atoms with Gasteiger partial charge in [-0.15, -0.1) is 0 Å². The van der Waals surface area contributed by atoms with Crippen LogP contribution in [0.2, 0.25) is 0 Å². The molecule has 0 radical (unpaired) electrons. The fraction of sp³-hybridized carbons (Fsp3) is 0.421. The minimum Gasteiger partial charge on any atom is -0.380 e. The lowest BCUT2D eigenvalue weighted by atomic mass is 10.2. The van der Waals surface area contributed by atoms with Crippen molar-refractivity contribution in [3.05, 3.63) is 54.8 Å². The molecule has 1 N–H and O–H groups in total. The van der Waals surface area contributed by atoms with Gasteiger partial charge in [-0.1, -0.05) is 0 Å². The molecule has 1 fully saturated rings. The number of likely N-dealkylation sites (tertiary alicyclic amines) is 1. The van der Waals surface area contributed by atoms with E-state index in [4.69, 9.17) is 4.74 Å². The van der Waals surface area contributed by atoms with Crippen LogP contribution in [0, 0.1) is 6.92 Å². The highest BCUT2D eigenvalue weighted by Gasteiger charge is 2.34. The Hall–Kier alpha value is -2.51. The average molecular weight is 352 g/mol. The van der Waals surface area contributed by atoms with Crippen molar-refractivity contribution in [1.82, 2.24) is 29.4 Å². The van der Waals surface area contributed by atoms with Crippen LogP contribution < -0.4 is 0 Å². The van der Waals surface area contributed by atoms with Gasteiger partial charge >= 0.3 is 0 Å². The zero-order valence-corrected chi connectivity index (χ0v) is 15.2. The number of aryl methyl sites for hydroxylation is 1. The summed E-state index contributed by atoms with van der Waals surface area (Å²) in [5.41, 5.74) is 2.05. The first-order valence-electron chi connectivity index (χ1n) is 8.94. The predicted molar refractivity (Wildman–Crippen MR) is 98.5 cm³/mol. The summed E-state index contributed by atoms with van der Waals surface area (Å²) in [5.74, 6) is 2.03. The van der Waals surface area contributed by atoms with Gasteiger partial charge < -0.3 is 14.3 Å². The Balaban J connectivity index is 1.51. The van der Waals surface area contributed by atoms with Gasteiger partial charge in [-0.25, -0.2) is 9.97 Å². The lowest BCUT2D eigenvalue weighted by Gasteiger charge is -2.23. The van der Waals surface area contributed by atoms with Gasteiger partial charge in [-0.3, -0.25) is 9.88 Å². The second-order valence-corrected chi connectivity index (χ2v) is 6.70. The Bertz CT molecular complexity index is 843. The van der Waals surface area contributed by atoms with E-state index in [9.17, 15) is 0 Å². The van der Waals surface area contributed by atoms with Crippen LogP contribution in [-0.2, 0) is 11.3 Å². The van der Waals surface area contributed by atoms with Gasteiger partial charge in [0.1, 0.15) is 11.6 Å². The highest BCUT2D eigenvalue weighted by atomic mass is 16.5. The maximum absolute atomic E-state index is 5.63. The van der Waals surface area contributed by atoms with Crippen molar-refractivity contribution in [2.75, 3.05) is 20.2 Å². The normalized spacial score (nSPS) is 20.7. The average Bonchev–Trinajstić information content (AvgIpc) is 3.40. The summed E-state index contributed by atoms with van der Waals surface area (Å²) in [5, 5.41) is 0. The van der Waals surface area contributed by atoms with Crippen molar-refractivity contribution in [1.29, 1.82) is 0 Å². The monoisotopic (exact) mass is 352 g/mol. The molecular formula is C19H24N6O. The van der Waals surface area contributed by atoms with E-state index >= 15 is 0 Å². The number of pyridine rings is 1. The van der Waals surface area contributed by atoms with Crippen molar-refractivity contribution >= 4 is 0 Å². The molecule has 0 unspecified atom stereocenters. The third-order valence-corrected chi connectivity index (χ3v) is 5.13. The molecule has 7 nitrogen and oxygen atoms in total. The number of methoxy groups -OCH3 is 1. The Kier molecular flexibility index (Phi) is 4.81. The third kappa shape index (κ3) is 3.40. The fourth-order valence-electron chi connectivity index (χ4n) is 3.61. The molecule has 26 heavy (non-hydrogen) atoms. The topological polar surface area (TPSA) is 71.9 Å². The molecule has 0 bridgehead atoms. The van der Waals surface area contributed by atoms with Crippen LogP contribution >= 0.6 is 0 Å². The van der Waals surface area contributed by atoms with E-state index in [1.165, 1.54) is 0 Å². The SMILES string of the molecule is CO[C@@H]1C[C@@H](c2ncc(-c3cccnc3)[nH]2)N(CCn2ccnc2C)C1. The number of nitrogens with zero attached hydrogens (tertiary/aromatic N) is 5. The van der Waals surface area contributed by atoms with E-state index in [2.05, 4.69) is 29.4 Å². The summed E-state index contributed by atoms with van der Waals surface area (Å²) in [6, 6.07) is 4.21. The van der Waals surface area contributed by atoms with Gasteiger partial charge in [0.2, 0.25) is 0 Å². The number of rotatable bonds is 6. The maximum atomic E-state index is 5.63. The third-order valence-electron chi connectivity index (χ3n) is 5.13. The molecule has 0 aromatic carbocycles. The van der Waals surface area contributed by atoms with Crippen LogP contribution in [0.15, 0.2) is 43.1 Å². The number of ether oxygens (including phenoxy) is 1. The second-order valence-electron chi connectivity index (χ2n) is 6.70. The number of aromatic nitrogens is 5. The first-order valence-corrected chi connectivity index (χ1v) is 8.94. The number of H-pyrrole nitrogens is 1. The van der Waals surface area contributed by atoms with Gasteiger partial charge in [0.25, 0.3) is 0 Å². The van der Waals surface area contributed by atoms with Crippen LogP contribution in [0.5, 0.6) is 0 Å². The molecule has 4 heterocycles. The Morgan fingerprint density at radius 2 is 2.15 bits per heavy atom. The van der Waals surface area contributed by atoms with Crippen molar-refractivity contribution < 1.29 is 4.74 Å². The first-order chi connectivity index (χ1) is 12.7. The lowest BCUT2D eigenvalue weighted by molar-refractivity contribution is 0.107. The van der Waals surface area contributed by atoms with Gasteiger partial charge in [-0.05, 0) is 25.5 Å². The number of hydrogen-bond acceptors (Lipinski definition) is 5. The molecule has 3 aromatic heterocycles. The molecule has 0 spiro atoms. The van der Waals surface area contributed by atoms with E-state index in [-0.39, 0.29) is 12.1 Å². The summed E-state index contributed by atoms with van der Waals surface area (Å²) < 4.78 is 7.81. The molecule has 1 saturated heterocycles. The van der Waals surface area contributed by atoms with E-state index in [0.29, 0.717) is 0 Å². The smallest absolute Gasteiger partial charge is 0.124 e. The van der Waals surface area contributed by atoms with E-state index in [1.807, 2.05) is 43.8 Å². The molecule has 0 amide bonds. The summed E-state index contributed by atoms with van der Waals surface area (Å²) in [7, 11) is 1.79. The maximum Gasteiger partial charge on any atom is 0.124 e. The summed E-state index contributed by atoms with van der Waals surface area (Å²) in [6.45, 7) is 4.80. The Morgan fingerprint density at radius 3 is 2.88 bits per heavy atom. The molecule has 4 rings (SSSR count). The van der Waals surface area contributed by atoms with E-state index < -0.39 is 0 Å². The molecule has 136 valence electrons. The molecular weight excluding hydrogens is 328 g/mol. The van der Waals surface area contributed by atoms with Gasteiger partial charge in [0.05, 0.1) is 24.0 Å². The zero-order valence-electron chi connectivity index (χ0n) is 15.2. The standard InChI is InChI=1S/C19H24N6O/c1-14-21-6-7-24(14)8-9-25-13-16(26-2)10-18(25)19-22-12-17(23-19)15-4-3-5-20-11-15/h3-7,11-12,16,18H,8-10,13H2,1-2H3,(H,22,23)/t16-,18+/m1/s1. The van der Waals surface area contributed by atoms with Crippen LogP contribution in [0.25, 0.3) is 11.3 Å². The van der Waals surface area contributed by atoms with E-state index in [0.717, 1.165) is 49.0 Å². The Labute approximate surface area is 153 Å². The molecule has 2 atom stereocenters. The summed E-state index contributed by atoms with van der Waals surface area (Å²) in [6.07, 6.45) is 10.6. The van der Waals surface area contributed by atoms with Gasteiger partial charge in [0.15, 0.2) is 0 Å². The van der Waals surface area contributed by atoms with Crippen molar-refractivity contribution in [2.24, 2.45) is 0 Å². The molecule has 0 aliphatic carbocycles. The molecule has 1 aliphatic rings. The molecule has 1 aliphatic heterocycles.